The lowest BCUT2D eigenvalue weighted by molar-refractivity contribution is 0.199. The molecule has 1 aromatic heterocycles. The van der Waals surface area contributed by atoms with Gasteiger partial charge in [0.25, 0.3) is 5.19 Å². The maximum atomic E-state index is 5.95. The highest BCUT2D eigenvalue weighted by atomic mass is 35.5. The van der Waals surface area contributed by atoms with Gasteiger partial charge in [0.15, 0.2) is 0 Å². The Labute approximate surface area is 126 Å². The fraction of sp³-hybridized carbons (Fsp3) is 0.385. The van der Waals surface area contributed by atoms with Gasteiger partial charge in [-0.25, -0.2) is 0 Å². The third-order valence-electron chi connectivity index (χ3n) is 2.55. The molecule has 0 amide bonds. The molecular weight excluding hydrogens is 298 g/mol. The number of halogens is 1. The number of methoxy groups -OCH3 is 1. The van der Waals surface area contributed by atoms with E-state index in [0.29, 0.717) is 29.1 Å². The maximum Gasteiger partial charge on any atom is 0.299 e. The highest BCUT2D eigenvalue weighted by molar-refractivity contribution is 7.13. The van der Waals surface area contributed by atoms with E-state index in [1.807, 2.05) is 19.1 Å². The third kappa shape index (κ3) is 4.42. The van der Waals surface area contributed by atoms with Crippen molar-refractivity contribution < 1.29 is 9.47 Å². The molecule has 0 atom stereocenters. The Morgan fingerprint density at radius 2 is 2.20 bits per heavy atom. The van der Waals surface area contributed by atoms with Gasteiger partial charge in [-0.05, 0) is 24.6 Å². The molecule has 0 spiro atoms. The first-order valence-electron chi connectivity index (χ1n) is 6.15. The summed E-state index contributed by atoms with van der Waals surface area (Å²) in [4.78, 5) is 0. The van der Waals surface area contributed by atoms with E-state index in [-0.39, 0.29) is 0 Å². The second kappa shape index (κ2) is 7.54. The number of aryl methyl sites for hydroxylation is 1. The van der Waals surface area contributed by atoms with Crippen LogP contribution in [0.5, 0.6) is 10.9 Å². The average molecular weight is 314 g/mol. The molecule has 0 aliphatic heterocycles. The van der Waals surface area contributed by atoms with E-state index in [4.69, 9.17) is 21.1 Å². The first-order valence-corrected chi connectivity index (χ1v) is 7.34. The standard InChI is InChI=1S/C13H16ClN3O2S/c1-9-3-4-10(14)7-11(9)19-13-17-16-12(20-13)8-15-5-6-18-2/h3-4,7,15H,5-6,8H2,1-2H3. The Morgan fingerprint density at radius 1 is 1.35 bits per heavy atom. The van der Waals surface area contributed by atoms with Crippen LogP contribution in [0.4, 0.5) is 0 Å². The second-order valence-corrected chi connectivity index (χ2v) is 5.60. The Kier molecular flexibility index (Phi) is 5.72. The van der Waals surface area contributed by atoms with Crippen molar-refractivity contribution in [2.75, 3.05) is 20.3 Å². The predicted octanol–water partition coefficient (Wildman–Crippen LogP) is 3.03. The summed E-state index contributed by atoms with van der Waals surface area (Å²) >= 11 is 7.36. The molecular formula is C13H16ClN3O2S. The highest BCUT2D eigenvalue weighted by Gasteiger charge is 2.08. The number of hydrogen-bond donors (Lipinski definition) is 1. The first kappa shape index (κ1) is 15.2. The van der Waals surface area contributed by atoms with Gasteiger partial charge in [0, 0.05) is 25.2 Å². The molecule has 0 bridgehead atoms. The van der Waals surface area contributed by atoms with Gasteiger partial charge < -0.3 is 14.8 Å². The Morgan fingerprint density at radius 3 is 3.00 bits per heavy atom. The number of nitrogens with zero attached hydrogens (tertiary/aromatic N) is 2. The van der Waals surface area contributed by atoms with Gasteiger partial charge in [0.1, 0.15) is 10.8 Å². The summed E-state index contributed by atoms with van der Waals surface area (Å²) in [5, 5.41) is 13.3. The number of ether oxygens (including phenoxy) is 2. The molecule has 2 rings (SSSR count). The number of hydrogen-bond acceptors (Lipinski definition) is 6. The summed E-state index contributed by atoms with van der Waals surface area (Å²) in [5.41, 5.74) is 1.00. The average Bonchev–Trinajstić information content (AvgIpc) is 2.87. The third-order valence-corrected chi connectivity index (χ3v) is 3.59. The normalized spacial score (nSPS) is 10.8. The number of aromatic nitrogens is 2. The molecule has 0 saturated heterocycles. The van der Waals surface area contributed by atoms with Gasteiger partial charge in [0.2, 0.25) is 0 Å². The summed E-state index contributed by atoms with van der Waals surface area (Å²) in [6.07, 6.45) is 0. The fourth-order valence-corrected chi connectivity index (χ4v) is 2.33. The van der Waals surface area contributed by atoms with Crippen LogP contribution >= 0.6 is 22.9 Å². The number of rotatable bonds is 7. The highest BCUT2D eigenvalue weighted by Crippen LogP contribution is 2.29. The lowest BCUT2D eigenvalue weighted by Gasteiger charge is -2.05. The van der Waals surface area contributed by atoms with E-state index in [2.05, 4.69) is 15.5 Å². The largest absolute Gasteiger partial charge is 0.429 e. The zero-order valence-electron chi connectivity index (χ0n) is 11.4. The van der Waals surface area contributed by atoms with Crippen LogP contribution in [0.1, 0.15) is 10.6 Å². The van der Waals surface area contributed by atoms with Crippen molar-refractivity contribution in [3.8, 4) is 10.9 Å². The molecule has 1 aromatic carbocycles. The molecule has 1 heterocycles. The van der Waals surface area contributed by atoms with Crippen LogP contribution in [0, 0.1) is 6.92 Å². The van der Waals surface area contributed by atoms with E-state index in [0.717, 1.165) is 17.1 Å². The molecule has 2 aromatic rings. The van der Waals surface area contributed by atoms with Crippen molar-refractivity contribution >= 4 is 22.9 Å². The quantitative estimate of drug-likeness (QED) is 0.796. The van der Waals surface area contributed by atoms with E-state index in [1.165, 1.54) is 11.3 Å². The van der Waals surface area contributed by atoms with Gasteiger partial charge in [-0.2, -0.15) is 0 Å². The Balaban J connectivity index is 1.93. The number of benzene rings is 1. The fourth-order valence-electron chi connectivity index (χ4n) is 1.50. The summed E-state index contributed by atoms with van der Waals surface area (Å²) in [6, 6.07) is 5.51. The predicted molar refractivity (Wildman–Crippen MR) is 79.8 cm³/mol. The Hall–Kier alpha value is -1.21. The molecule has 20 heavy (non-hydrogen) atoms. The van der Waals surface area contributed by atoms with Crippen LogP contribution in [0.25, 0.3) is 0 Å². The minimum absolute atomic E-state index is 0.513. The van der Waals surface area contributed by atoms with Crippen LogP contribution in [-0.4, -0.2) is 30.5 Å². The second-order valence-electron chi connectivity index (χ2n) is 4.14. The van der Waals surface area contributed by atoms with Gasteiger partial charge >= 0.3 is 0 Å². The summed E-state index contributed by atoms with van der Waals surface area (Å²) in [6.45, 7) is 4.06. The molecule has 0 fully saturated rings. The molecule has 7 heteroatoms. The van der Waals surface area contributed by atoms with Crippen LogP contribution in [-0.2, 0) is 11.3 Å². The van der Waals surface area contributed by atoms with E-state index < -0.39 is 0 Å². The monoisotopic (exact) mass is 313 g/mol. The van der Waals surface area contributed by atoms with Crippen molar-refractivity contribution in [3.63, 3.8) is 0 Å². The molecule has 108 valence electrons. The Bertz CT molecular complexity index is 562. The van der Waals surface area contributed by atoms with Crippen LogP contribution in [0.2, 0.25) is 5.02 Å². The zero-order chi connectivity index (χ0) is 14.4. The summed E-state index contributed by atoms with van der Waals surface area (Å²) in [5.74, 6) is 0.701. The van der Waals surface area contributed by atoms with Gasteiger partial charge in [-0.15, -0.1) is 5.10 Å². The minimum Gasteiger partial charge on any atom is -0.429 e. The number of nitrogens with one attached hydrogen (secondary N) is 1. The topological polar surface area (TPSA) is 56.3 Å². The first-order chi connectivity index (χ1) is 9.69. The minimum atomic E-state index is 0.513. The van der Waals surface area contributed by atoms with Crippen molar-refractivity contribution in [2.45, 2.75) is 13.5 Å². The van der Waals surface area contributed by atoms with Gasteiger partial charge in [-0.1, -0.05) is 34.1 Å². The van der Waals surface area contributed by atoms with Crippen molar-refractivity contribution in [2.24, 2.45) is 0 Å². The lowest BCUT2D eigenvalue weighted by atomic mass is 10.2. The van der Waals surface area contributed by atoms with Crippen LogP contribution < -0.4 is 10.1 Å². The van der Waals surface area contributed by atoms with Crippen molar-refractivity contribution in [1.82, 2.24) is 15.5 Å². The maximum absolute atomic E-state index is 5.95. The molecule has 0 aliphatic rings. The molecule has 0 aliphatic carbocycles. The molecule has 1 N–H and O–H groups in total. The summed E-state index contributed by atoms with van der Waals surface area (Å²) in [7, 11) is 1.67. The molecule has 0 radical (unpaired) electrons. The van der Waals surface area contributed by atoms with Crippen LogP contribution in [0.3, 0.4) is 0 Å². The van der Waals surface area contributed by atoms with E-state index in [1.54, 1.807) is 13.2 Å². The smallest absolute Gasteiger partial charge is 0.299 e. The van der Waals surface area contributed by atoms with E-state index >= 15 is 0 Å². The zero-order valence-corrected chi connectivity index (χ0v) is 12.9. The molecule has 5 nitrogen and oxygen atoms in total. The summed E-state index contributed by atoms with van der Waals surface area (Å²) < 4.78 is 10.7. The molecule has 0 unspecified atom stereocenters. The lowest BCUT2D eigenvalue weighted by Crippen LogP contribution is -2.18. The van der Waals surface area contributed by atoms with E-state index in [9.17, 15) is 0 Å². The van der Waals surface area contributed by atoms with Crippen molar-refractivity contribution in [3.05, 3.63) is 33.8 Å². The molecule has 0 saturated carbocycles. The van der Waals surface area contributed by atoms with Crippen LogP contribution in [0.15, 0.2) is 18.2 Å². The van der Waals surface area contributed by atoms with Crippen molar-refractivity contribution in [1.29, 1.82) is 0 Å². The van der Waals surface area contributed by atoms with Gasteiger partial charge in [0.05, 0.1) is 6.61 Å². The van der Waals surface area contributed by atoms with Gasteiger partial charge in [-0.3, -0.25) is 0 Å². The SMILES string of the molecule is COCCNCc1nnc(Oc2cc(Cl)ccc2C)s1.